The minimum atomic E-state index is -1.06. The molecule has 7 nitrogen and oxygen atoms in total. The Hall–Kier alpha value is -2.57. The topological polar surface area (TPSA) is 93.7 Å². The Morgan fingerprint density at radius 2 is 1.67 bits per heavy atom. The number of rotatable bonds is 1. The largest absolute Gasteiger partial charge is 0.454 e. The van der Waals surface area contributed by atoms with E-state index in [0.29, 0.717) is 17.1 Å². The third kappa shape index (κ3) is 1.56. The van der Waals surface area contributed by atoms with Gasteiger partial charge in [-0.1, -0.05) is 6.07 Å². The van der Waals surface area contributed by atoms with E-state index in [4.69, 9.17) is 9.47 Å². The average Bonchev–Trinajstić information content (AvgIpc) is 2.74. The van der Waals surface area contributed by atoms with Gasteiger partial charge in [0.15, 0.2) is 11.5 Å². The molecule has 1 fully saturated rings. The number of imide groups is 2. The fraction of sp³-hybridized carbons (Fsp3) is 0.182. The van der Waals surface area contributed by atoms with Crippen LogP contribution in [0.4, 0.5) is 4.79 Å². The van der Waals surface area contributed by atoms with Crippen molar-refractivity contribution in [1.82, 2.24) is 10.6 Å². The standard InChI is InChI=1S/C11H8N2O5/c14-9-8(10(15)13-11(16)12-9)5-1-2-6-7(3-5)18-4-17-6/h1-3,8H,4H2,(H2,12,13,14,15,16). The molecule has 0 unspecified atom stereocenters. The third-order valence-corrected chi connectivity index (χ3v) is 2.73. The van der Waals surface area contributed by atoms with Crippen LogP contribution >= 0.6 is 0 Å². The molecule has 0 aromatic heterocycles. The first-order chi connectivity index (χ1) is 8.65. The van der Waals surface area contributed by atoms with E-state index in [1.54, 1.807) is 18.2 Å². The summed E-state index contributed by atoms with van der Waals surface area (Å²) in [5.41, 5.74) is 0.446. The third-order valence-electron chi connectivity index (χ3n) is 2.73. The minimum absolute atomic E-state index is 0.111. The molecular weight excluding hydrogens is 240 g/mol. The lowest BCUT2D eigenvalue weighted by Gasteiger charge is -2.20. The molecule has 0 bridgehead atoms. The average molecular weight is 248 g/mol. The van der Waals surface area contributed by atoms with Crippen molar-refractivity contribution in [2.24, 2.45) is 0 Å². The van der Waals surface area contributed by atoms with Crippen molar-refractivity contribution in [2.75, 3.05) is 6.79 Å². The number of amides is 4. The first kappa shape index (κ1) is 10.6. The quantitative estimate of drug-likeness (QED) is 0.675. The molecule has 1 saturated heterocycles. The lowest BCUT2D eigenvalue weighted by Crippen LogP contribution is -2.54. The van der Waals surface area contributed by atoms with E-state index >= 15 is 0 Å². The highest BCUT2D eigenvalue weighted by atomic mass is 16.7. The van der Waals surface area contributed by atoms with Crippen LogP contribution in [0.2, 0.25) is 0 Å². The van der Waals surface area contributed by atoms with Gasteiger partial charge in [0.05, 0.1) is 0 Å². The summed E-state index contributed by atoms with van der Waals surface area (Å²) in [4.78, 5) is 34.2. The molecule has 0 spiro atoms. The molecule has 2 aliphatic rings. The van der Waals surface area contributed by atoms with Crippen LogP contribution < -0.4 is 20.1 Å². The lowest BCUT2D eigenvalue weighted by molar-refractivity contribution is -0.132. The normalized spacial score (nSPS) is 18.6. The minimum Gasteiger partial charge on any atom is -0.454 e. The summed E-state index contributed by atoms with van der Waals surface area (Å²) < 4.78 is 10.3. The van der Waals surface area contributed by atoms with Crippen molar-refractivity contribution in [1.29, 1.82) is 0 Å². The summed E-state index contributed by atoms with van der Waals surface area (Å²) in [6, 6.07) is 3.96. The van der Waals surface area contributed by atoms with Gasteiger partial charge in [-0.2, -0.15) is 0 Å². The van der Waals surface area contributed by atoms with Crippen molar-refractivity contribution in [3.8, 4) is 11.5 Å². The molecule has 7 heteroatoms. The van der Waals surface area contributed by atoms with Gasteiger partial charge in [-0.15, -0.1) is 0 Å². The van der Waals surface area contributed by atoms with Gasteiger partial charge in [-0.25, -0.2) is 4.79 Å². The summed E-state index contributed by atoms with van der Waals surface area (Å²) >= 11 is 0. The van der Waals surface area contributed by atoms with E-state index in [0.717, 1.165) is 0 Å². The summed E-state index contributed by atoms with van der Waals surface area (Å²) in [6.07, 6.45) is 0. The van der Waals surface area contributed by atoms with Crippen LogP contribution in [0.15, 0.2) is 18.2 Å². The number of benzene rings is 1. The second kappa shape index (κ2) is 3.73. The number of barbiturate groups is 1. The van der Waals surface area contributed by atoms with Gasteiger partial charge in [0.2, 0.25) is 18.6 Å². The monoisotopic (exact) mass is 248 g/mol. The molecule has 1 aromatic rings. The number of ether oxygens (including phenoxy) is 2. The van der Waals surface area contributed by atoms with Gasteiger partial charge in [-0.3, -0.25) is 20.2 Å². The first-order valence-electron chi connectivity index (χ1n) is 5.20. The van der Waals surface area contributed by atoms with Gasteiger partial charge in [-0.05, 0) is 17.7 Å². The van der Waals surface area contributed by atoms with E-state index in [-0.39, 0.29) is 6.79 Å². The van der Waals surface area contributed by atoms with Crippen molar-refractivity contribution >= 4 is 17.8 Å². The van der Waals surface area contributed by atoms with E-state index in [9.17, 15) is 14.4 Å². The summed E-state index contributed by atoms with van der Waals surface area (Å²) in [6.45, 7) is 0.111. The number of hydrogen-bond donors (Lipinski definition) is 2. The first-order valence-corrected chi connectivity index (χ1v) is 5.20. The molecular formula is C11H8N2O5. The summed E-state index contributed by atoms with van der Waals surface area (Å²) in [7, 11) is 0. The van der Waals surface area contributed by atoms with Crippen LogP contribution in [0.3, 0.4) is 0 Å². The van der Waals surface area contributed by atoms with Crippen LogP contribution in [0.1, 0.15) is 11.5 Å². The maximum absolute atomic E-state index is 11.7. The molecule has 0 saturated carbocycles. The number of hydrogen-bond acceptors (Lipinski definition) is 5. The molecule has 0 aliphatic carbocycles. The van der Waals surface area contributed by atoms with E-state index in [1.165, 1.54) is 0 Å². The second-order valence-electron chi connectivity index (χ2n) is 3.85. The molecule has 0 atom stereocenters. The van der Waals surface area contributed by atoms with Crippen molar-refractivity contribution in [3.63, 3.8) is 0 Å². The lowest BCUT2D eigenvalue weighted by atomic mass is 9.95. The number of fused-ring (bicyclic) bond motifs is 1. The molecule has 3 rings (SSSR count). The van der Waals surface area contributed by atoms with Gasteiger partial charge in [0.1, 0.15) is 5.92 Å². The maximum atomic E-state index is 11.7. The Labute approximate surface area is 101 Å². The number of carbonyl (C=O) groups excluding carboxylic acids is 3. The van der Waals surface area contributed by atoms with Gasteiger partial charge >= 0.3 is 6.03 Å². The van der Waals surface area contributed by atoms with Crippen molar-refractivity contribution in [3.05, 3.63) is 23.8 Å². The predicted molar refractivity (Wildman–Crippen MR) is 57.0 cm³/mol. The zero-order valence-corrected chi connectivity index (χ0v) is 9.06. The highest BCUT2D eigenvalue weighted by Gasteiger charge is 2.36. The highest BCUT2D eigenvalue weighted by Crippen LogP contribution is 2.35. The van der Waals surface area contributed by atoms with Crippen molar-refractivity contribution in [2.45, 2.75) is 5.92 Å². The Balaban J connectivity index is 1.97. The van der Waals surface area contributed by atoms with E-state index in [1.807, 2.05) is 10.6 Å². The van der Waals surface area contributed by atoms with Crippen LogP contribution in [0.5, 0.6) is 11.5 Å². The Kier molecular flexibility index (Phi) is 2.19. The second-order valence-corrected chi connectivity index (χ2v) is 3.85. The van der Waals surface area contributed by atoms with Crippen LogP contribution in [-0.2, 0) is 9.59 Å². The number of carbonyl (C=O) groups is 3. The van der Waals surface area contributed by atoms with Crippen LogP contribution in [-0.4, -0.2) is 24.6 Å². The Morgan fingerprint density at radius 1 is 1.00 bits per heavy atom. The number of urea groups is 1. The molecule has 2 N–H and O–H groups in total. The predicted octanol–water partition coefficient (Wildman–Crippen LogP) is -0.135. The zero-order chi connectivity index (χ0) is 12.7. The van der Waals surface area contributed by atoms with Crippen LogP contribution in [0.25, 0.3) is 0 Å². The van der Waals surface area contributed by atoms with E-state index in [2.05, 4.69) is 0 Å². The molecule has 92 valence electrons. The SMILES string of the molecule is O=C1NC(=O)C(c2ccc3c(c2)OCO3)C(=O)N1. The summed E-state index contributed by atoms with van der Waals surface area (Å²) in [5.74, 6) is -1.32. The van der Waals surface area contributed by atoms with Gasteiger partial charge in [0.25, 0.3) is 0 Å². The fourth-order valence-corrected chi connectivity index (χ4v) is 1.91. The smallest absolute Gasteiger partial charge is 0.328 e. The van der Waals surface area contributed by atoms with Crippen molar-refractivity contribution < 1.29 is 23.9 Å². The molecule has 1 aromatic carbocycles. The molecule has 18 heavy (non-hydrogen) atoms. The zero-order valence-electron chi connectivity index (χ0n) is 9.06. The van der Waals surface area contributed by atoms with E-state index < -0.39 is 23.8 Å². The Bertz CT molecular complexity index is 549. The van der Waals surface area contributed by atoms with Gasteiger partial charge in [0, 0.05) is 0 Å². The summed E-state index contributed by atoms with van der Waals surface area (Å²) in [5, 5.41) is 4.09. The van der Waals surface area contributed by atoms with Gasteiger partial charge < -0.3 is 9.47 Å². The maximum Gasteiger partial charge on any atom is 0.328 e. The Morgan fingerprint density at radius 3 is 2.39 bits per heavy atom. The molecule has 0 radical (unpaired) electrons. The highest BCUT2D eigenvalue weighted by molar-refractivity contribution is 6.19. The fourth-order valence-electron chi connectivity index (χ4n) is 1.91. The molecule has 4 amide bonds. The number of nitrogens with one attached hydrogen (secondary N) is 2. The molecule has 2 aliphatic heterocycles. The van der Waals surface area contributed by atoms with Crippen LogP contribution in [0, 0.1) is 0 Å². The molecule has 2 heterocycles.